The molecule has 22 heavy (non-hydrogen) atoms. The molecule has 0 unspecified atom stereocenters. The molecule has 0 aromatic heterocycles. The Kier molecular flexibility index (Phi) is 9.33. The van der Waals surface area contributed by atoms with Crippen LogP contribution < -0.4 is 0 Å². The first kappa shape index (κ1) is 17.5. The van der Waals surface area contributed by atoms with E-state index in [9.17, 15) is 0 Å². The Bertz CT molecular complexity index is 353. The highest BCUT2D eigenvalue weighted by Gasteiger charge is 2.13. The summed E-state index contributed by atoms with van der Waals surface area (Å²) in [7, 11) is 0. The highest BCUT2D eigenvalue weighted by molar-refractivity contribution is 5.13. The van der Waals surface area contributed by atoms with Crippen LogP contribution in [-0.4, -0.2) is 6.61 Å². The molecule has 1 fully saturated rings. The van der Waals surface area contributed by atoms with E-state index < -0.39 is 0 Å². The van der Waals surface area contributed by atoms with Crippen LogP contribution in [0.3, 0.4) is 0 Å². The van der Waals surface area contributed by atoms with Crippen LogP contribution in [0.5, 0.6) is 0 Å². The van der Waals surface area contributed by atoms with Gasteiger partial charge in [0.15, 0.2) is 0 Å². The van der Waals surface area contributed by atoms with Crippen molar-refractivity contribution in [3.63, 3.8) is 0 Å². The van der Waals surface area contributed by atoms with Gasteiger partial charge < -0.3 is 4.74 Å². The second kappa shape index (κ2) is 11.7. The zero-order valence-corrected chi connectivity index (χ0v) is 14.3. The summed E-state index contributed by atoms with van der Waals surface area (Å²) < 4.78 is 5.72. The van der Waals surface area contributed by atoms with Gasteiger partial charge in [0.2, 0.25) is 0 Å². The van der Waals surface area contributed by atoms with E-state index >= 15 is 0 Å². The molecular weight excluding hydrogens is 268 g/mol. The van der Waals surface area contributed by atoms with Crippen molar-refractivity contribution in [2.45, 2.75) is 83.7 Å². The summed E-state index contributed by atoms with van der Waals surface area (Å²) in [4.78, 5) is 0. The van der Waals surface area contributed by atoms with E-state index in [0.29, 0.717) is 0 Å². The molecule has 124 valence electrons. The Morgan fingerprint density at radius 1 is 0.773 bits per heavy atom. The van der Waals surface area contributed by atoms with Crippen LogP contribution in [0.1, 0.15) is 82.6 Å². The van der Waals surface area contributed by atoms with Gasteiger partial charge in [-0.15, -0.1) is 0 Å². The minimum absolute atomic E-state index is 0.766. The zero-order valence-electron chi connectivity index (χ0n) is 14.3. The Balaban J connectivity index is 1.30. The fourth-order valence-corrected chi connectivity index (χ4v) is 3.58. The molecule has 0 bridgehead atoms. The van der Waals surface area contributed by atoms with Crippen LogP contribution in [0.2, 0.25) is 0 Å². The van der Waals surface area contributed by atoms with Crippen LogP contribution in [0.15, 0.2) is 30.3 Å². The number of benzene rings is 1. The molecule has 0 amide bonds. The summed E-state index contributed by atoms with van der Waals surface area (Å²) in [5.41, 5.74) is 1.28. The number of hydrogen-bond acceptors (Lipinski definition) is 1. The summed E-state index contributed by atoms with van der Waals surface area (Å²) in [6.07, 6.45) is 17.3. The molecule has 1 aromatic carbocycles. The first-order valence-electron chi connectivity index (χ1n) is 9.57. The molecule has 1 saturated carbocycles. The van der Waals surface area contributed by atoms with Gasteiger partial charge in [0, 0.05) is 6.61 Å². The Labute approximate surface area is 137 Å². The lowest BCUT2D eigenvalue weighted by atomic mass is 9.99. The average Bonchev–Trinajstić information content (AvgIpc) is 3.07. The summed E-state index contributed by atoms with van der Waals surface area (Å²) in [6.45, 7) is 1.68. The first-order valence-corrected chi connectivity index (χ1v) is 9.57. The van der Waals surface area contributed by atoms with Crippen molar-refractivity contribution in [3.8, 4) is 0 Å². The summed E-state index contributed by atoms with van der Waals surface area (Å²) in [6, 6.07) is 10.5. The van der Waals surface area contributed by atoms with Crippen molar-refractivity contribution in [3.05, 3.63) is 35.9 Å². The minimum atomic E-state index is 0.766. The van der Waals surface area contributed by atoms with Crippen LogP contribution in [0.25, 0.3) is 0 Å². The van der Waals surface area contributed by atoms with E-state index in [1.807, 2.05) is 0 Å². The smallest absolute Gasteiger partial charge is 0.0716 e. The first-order chi connectivity index (χ1) is 10.9. The van der Waals surface area contributed by atoms with Crippen LogP contribution in [-0.2, 0) is 11.3 Å². The van der Waals surface area contributed by atoms with Gasteiger partial charge in [-0.3, -0.25) is 0 Å². The molecule has 1 nitrogen and oxygen atoms in total. The van der Waals surface area contributed by atoms with Gasteiger partial charge in [0.1, 0.15) is 0 Å². The average molecular weight is 303 g/mol. The largest absolute Gasteiger partial charge is 0.377 e. The van der Waals surface area contributed by atoms with Crippen LogP contribution >= 0.6 is 0 Å². The number of hydrogen-bond donors (Lipinski definition) is 0. The third-order valence-electron chi connectivity index (χ3n) is 4.99. The molecule has 0 heterocycles. The second-order valence-corrected chi connectivity index (χ2v) is 6.95. The van der Waals surface area contributed by atoms with Gasteiger partial charge in [0.25, 0.3) is 0 Å². The molecule has 2 rings (SSSR count). The van der Waals surface area contributed by atoms with E-state index in [1.54, 1.807) is 0 Å². The topological polar surface area (TPSA) is 9.23 Å². The quantitative estimate of drug-likeness (QED) is 0.400. The van der Waals surface area contributed by atoms with E-state index in [2.05, 4.69) is 30.3 Å². The predicted molar refractivity (Wildman–Crippen MR) is 95.0 cm³/mol. The van der Waals surface area contributed by atoms with Gasteiger partial charge >= 0.3 is 0 Å². The lowest BCUT2D eigenvalue weighted by molar-refractivity contribution is 0.116. The lowest BCUT2D eigenvalue weighted by Crippen LogP contribution is -1.95. The van der Waals surface area contributed by atoms with Crippen molar-refractivity contribution in [2.24, 2.45) is 5.92 Å². The predicted octanol–water partition coefficient (Wildman–Crippen LogP) is 6.51. The summed E-state index contributed by atoms with van der Waals surface area (Å²) >= 11 is 0. The van der Waals surface area contributed by atoms with E-state index in [-0.39, 0.29) is 0 Å². The molecule has 0 radical (unpaired) electrons. The molecule has 0 aliphatic heterocycles. The molecule has 0 saturated heterocycles. The SMILES string of the molecule is c1ccc(COCCCCCCCCCC2CCCC2)cc1. The van der Waals surface area contributed by atoms with Crippen LogP contribution in [0.4, 0.5) is 0 Å². The van der Waals surface area contributed by atoms with Crippen molar-refractivity contribution >= 4 is 0 Å². The fourth-order valence-electron chi connectivity index (χ4n) is 3.58. The fraction of sp³-hybridized carbons (Fsp3) is 0.714. The number of rotatable bonds is 12. The second-order valence-electron chi connectivity index (χ2n) is 6.95. The van der Waals surface area contributed by atoms with Gasteiger partial charge in [-0.2, -0.15) is 0 Å². The van der Waals surface area contributed by atoms with Gasteiger partial charge in [-0.25, -0.2) is 0 Å². The maximum absolute atomic E-state index is 5.72. The van der Waals surface area contributed by atoms with Gasteiger partial charge in [-0.1, -0.05) is 101 Å². The maximum atomic E-state index is 5.72. The minimum Gasteiger partial charge on any atom is -0.377 e. The normalized spacial score (nSPS) is 15.5. The third-order valence-corrected chi connectivity index (χ3v) is 4.99. The molecule has 0 atom stereocenters. The van der Waals surface area contributed by atoms with Crippen LogP contribution in [0, 0.1) is 5.92 Å². The maximum Gasteiger partial charge on any atom is 0.0716 e. The van der Waals surface area contributed by atoms with Gasteiger partial charge in [-0.05, 0) is 17.9 Å². The van der Waals surface area contributed by atoms with E-state index in [4.69, 9.17) is 4.74 Å². The number of ether oxygens (including phenoxy) is 1. The third kappa shape index (κ3) is 7.98. The van der Waals surface area contributed by atoms with Crippen molar-refractivity contribution < 1.29 is 4.74 Å². The Morgan fingerprint density at radius 2 is 1.41 bits per heavy atom. The monoisotopic (exact) mass is 302 g/mol. The molecule has 1 aromatic rings. The van der Waals surface area contributed by atoms with E-state index in [0.717, 1.165) is 19.1 Å². The van der Waals surface area contributed by atoms with Crippen molar-refractivity contribution in [2.75, 3.05) is 6.61 Å². The molecule has 1 aliphatic carbocycles. The summed E-state index contributed by atoms with van der Waals surface area (Å²) in [5.74, 6) is 1.08. The highest BCUT2D eigenvalue weighted by atomic mass is 16.5. The standard InChI is InChI=1S/C21H34O/c1(2-4-7-13-20-14-10-11-15-20)3-5-12-18-22-19-21-16-8-6-9-17-21/h6,8-9,16-17,20H,1-5,7,10-15,18-19H2. The Morgan fingerprint density at radius 3 is 2.14 bits per heavy atom. The van der Waals surface area contributed by atoms with E-state index in [1.165, 1.54) is 82.6 Å². The molecular formula is C21H34O. The molecule has 0 N–H and O–H groups in total. The lowest BCUT2D eigenvalue weighted by Gasteiger charge is -2.08. The Hall–Kier alpha value is -0.820. The molecule has 0 spiro atoms. The van der Waals surface area contributed by atoms with Gasteiger partial charge in [0.05, 0.1) is 6.61 Å². The zero-order chi connectivity index (χ0) is 15.3. The summed E-state index contributed by atoms with van der Waals surface area (Å²) in [5, 5.41) is 0. The van der Waals surface area contributed by atoms with Crippen molar-refractivity contribution in [1.82, 2.24) is 0 Å². The van der Waals surface area contributed by atoms with Crippen molar-refractivity contribution in [1.29, 1.82) is 0 Å². The highest BCUT2D eigenvalue weighted by Crippen LogP contribution is 2.29. The molecule has 1 aliphatic rings. The molecule has 1 heteroatoms. The number of unbranched alkanes of at least 4 members (excludes halogenated alkanes) is 6.